The summed E-state index contributed by atoms with van der Waals surface area (Å²) >= 11 is 1.50. The fourth-order valence-corrected chi connectivity index (χ4v) is 3.53. The van der Waals surface area contributed by atoms with Gasteiger partial charge in [-0.2, -0.15) is 0 Å². The number of amides is 1. The first-order valence-electron chi connectivity index (χ1n) is 7.40. The van der Waals surface area contributed by atoms with Gasteiger partial charge in [0.1, 0.15) is 0 Å². The van der Waals surface area contributed by atoms with Crippen LogP contribution in [-0.4, -0.2) is 37.1 Å². The fraction of sp³-hybridized carbons (Fsp3) is 0.667. The molecule has 6 heteroatoms. The molecule has 1 saturated carbocycles. The van der Waals surface area contributed by atoms with Crippen LogP contribution in [0.2, 0.25) is 0 Å². The molecule has 1 fully saturated rings. The minimum absolute atomic E-state index is 0.215. The van der Waals surface area contributed by atoms with Crippen molar-refractivity contribution in [3.63, 3.8) is 0 Å². The lowest BCUT2D eigenvalue weighted by Crippen LogP contribution is -2.36. The van der Waals surface area contributed by atoms with Gasteiger partial charge >= 0.3 is 0 Å². The van der Waals surface area contributed by atoms with Crippen LogP contribution in [0.4, 0.5) is 0 Å². The Morgan fingerprint density at radius 3 is 2.90 bits per heavy atom. The van der Waals surface area contributed by atoms with Gasteiger partial charge in [0.15, 0.2) is 0 Å². The Morgan fingerprint density at radius 2 is 2.33 bits per heavy atom. The summed E-state index contributed by atoms with van der Waals surface area (Å²) in [5.74, 6) is 5.80. The van der Waals surface area contributed by atoms with E-state index in [-0.39, 0.29) is 5.91 Å². The van der Waals surface area contributed by atoms with E-state index in [0.717, 1.165) is 25.6 Å². The van der Waals surface area contributed by atoms with E-state index in [0.29, 0.717) is 10.9 Å². The molecule has 1 atom stereocenters. The fourth-order valence-electron chi connectivity index (χ4n) is 2.59. The standard InChI is InChI=1S/C15H25N3O2S/c1-10(12-4-5-12)18(6-7-20-3)9-13-8-14(15(19)17-16)21-11(13)2/h8,10,12H,4-7,9,16H2,1-3H3,(H,17,19). The average molecular weight is 311 g/mol. The highest BCUT2D eigenvalue weighted by molar-refractivity contribution is 7.14. The third-order valence-corrected chi connectivity index (χ3v) is 5.30. The number of thiophene rings is 1. The maximum absolute atomic E-state index is 11.6. The Morgan fingerprint density at radius 1 is 1.62 bits per heavy atom. The number of ether oxygens (including phenoxy) is 1. The lowest BCUT2D eigenvalue weighted by molar-refractivity contribution is 0.0957. The van der Waals surface area contributed by atoms with Gasteiger partial charge in [-0.3, -0.25) is 15.1 Å². The number of carbonyl (C=O) groups excluding carboxylic acids is 1. The normalized spacial score (nSPS) is 16.2. The zero-order valence-electron chi connectivity index (χ0n) is 13.0. The third-order valence-electron chi connectivity index (χ3n) is 4.21. The maximum atomic E-state index is 11.6. The van der Waals surface area contributed by atoms with Gasteiger partial charge < -0.3 is 4.74 Å². The quantitative estimate of drug-likeness (QED) is 0.437. The van der Waals surface area contributed by atoms with Crippen LogP contribution < -0.4 is 11.3 Å². The number of methoxy groups -OCH3 is 1. The Kier molecular flexibility index (Phi) is 5.75. The zero-order chi connectivity index (χ0) is 15.4. The Hall–Kier alpha value is -0.950. The molecule has 1 aliphatic carbocycles. The first-order chi connectivity index (χ1) is 10.1. The second kappa shape index (κ2) is 7.35. The number of nitrogen functional groups attached to an aromatic ring is 1. The summed E-state index contributed by atoms with van der Waals surface area (Å²) in [7, 11) is 1.74. The minimum Gasteiger partial charge on any atom is -0.383 e. The van der Waals surface area contributed by atoms with Gasteiger partial charge in [0.25, 0.3) is 5.91 Å². The summed E-state index contributed by atoms with van der Waals surface area (Å²) in [5, 5.41) is 0. The molecule has 5 nitrogen and oxygen atoms in total. The summed E-state index contributed by atoms with van der Waals surface area (Å²) in [6.45, 7) is 6.87. The summed E-state index contributed by atoms with van der Waals surface area (Å²) in [5.41, 5.74) is 3.41. The lowest BCUT2D eigenvalue weighted by atomic mass is 10.1. The molecule has 1 aromatic heterocycles. The highest BCUT2D eigenvalue weighted by Crippen LogP contribution is 2.36. The van der Waals surface area contributed by atoms with Crippen LogP contribution in [0.5, 0.6) is 0 Å². The van der Waals surface area contributed by atoms with E-state index in [2.05, 4.69) is 24.2 Å². The van der Waals surface area contributed by atoms with Crippen LogP contribution in [0.15, 0.2) is 6.07 Å². The van der Waals surface area contributed by atoms with E-state index < -0.39 is 0 Å². The number of hydrogen-bond donors (Lipinski definition) is 2. The number of nitrogens with zero attached hydrogens (tertiary/aromatic N) is 1. The predicted molar refractivity (Wildman–Crippen MR) is 85.2 cm³/mol. The van der Waals surface area contributed by atoms with Crippen molar-refractivity contribution in [3.05, 3.63) is 21.4 Å². The Balaban J connectivity index is 2.07. The number of hydrogen-bond acceptors (Lipinski definition) is 5. The number of carbonyl (C=O) groups is 1. The smallest absolute Gasteiger partial charge is 0.275 e. The van der Waals surface area contributed by atoms with Crippen LogP contribution >= 0.6 is 11.3 Å². The molecule has 0 bridgehead atoms. The van der Waals surface area contributed by atoms with Gasteiger partial charge in [-0.05, 0) is 44.2 Å². The van der Waals surface area contributed by atoms with E-state index in [9.17, 15) is 4.79 Å². The van der Waals surface area contributed by atoms with Crippen molar-refractivity contribution in [2.75, 3.05) is 20.3 Å². The topological polar surface area (TPSA) is 67.6 Å². The molecule has 1 amide bonds. The number of nitrogens with two attached hydrogens (primary N) is 1. The number of nitrogens with one attached hydrogen (secondary N) is 1. The van der Waals surface area contributed by atoms with Gasteiger partial charge in [-0.15, -0.1) is 11.3 Å². The minimum atomic E-state index is -0.215. The van der Waals surface area contributed by atoms with E-state index in [1.165, 1.54) is 34.6 Å². The van der Waals surface area contributed by atoms with Crippen molar-refractivity contribution in [2.45, 2.75) is 39.3 Å². The largest absolute Gasteiger partial charge is 0.383 e. The van der Waals surface area contributed by atoms with E-state index in [1.807, 2.05) is 6.07 Å². The zero-order valence-corrected chi connectivity index (χ0v) is 13.8. The van der Waals surface area contributed by atoms with E-state index in [4.69, 9.17) is 10.6 Å². The number of aryl methyl sites for hydroxylation is 1. The molecule has 0 aromatic carbocycles. The third kappa shape index (κ3) is 4.26. The van der Waals surface area contributed by atoms with Gasteiger partial charge in [0, 0.05) is 31.1 Å². The molecule has 0 spiro atoms. The first-order valence-corrected chi connectivity index (χ1v) is 8.21. The van der Waals surface area contributed by atoms with Crippen LogP contribution in [0.1, 0.15) is 39.9 Å². The Labute approximate surface area is 130 Å². The molecular weight excluding hydrogens is 286 g/mol. The van der Waals surface area contributed by atoms with Gasteiger partial charge in [0.05, 0.1) is 11.5 Å². The van der Waals surface area contributed by atoms with Crippen LogP contribution in [-0.2, 0) is 11.3 Å². The maximum Gasteiger partial charge on any atom is 0.275 e. The van der Waals surface area contributed by atoms with Crippen molar-refractivity contribution >= 4 is 17.2 Å². The summed E-state index contributed by atoms with van der Waals surface area (Å²) < 4.78 is 5.23. The predicted octanol–water partition coefficient (Wildman–Crippen LogP) is 1.91. The average Bonchev–Trinajstić information content (AvgIpc) is 3.26. The number of hydrazine groups is 1. The summed E-state index contributed by atoms with van der Waals surface area (Å²) in [6.07, 6.45) is 2.65. The summed E-state index contributed by atoms with van der Waals surface area (Å²) in [6, 6.07) is 2.52. The molecule has 1 aromatic rings. The van der Waals surface area contributed by atoms with Gasteiger partial charge in [-0.25, -0.2) is 5.84 Å². The second-order valence-corrected chi connectivity index (χ2v) is 6.96. The van der Waals surface area contributed by atoms with Crippen LogP contribution in [0.3, 0.4) is 0 Å². The number of rotatable bonds is 8. The molecule has 3 N–H and O–H groups in total. The highest BCUT2D eigenvalue weighted by atomic mass is 32.1. The van der Waals surface area contributed by atoms with Crippen molar-refractivity contribution in [2.24, 2.45) is 11.8 Å². The summed E-state index contributed by atoms with van der Waals surface area (Å²) in [4.78, 5) is 15.9. The van der Waals surface area contributed by atoms with Crippen molar-refractivity contribution < 1.29 is 9.53 Å². The second-order valence-electron chi connectivity index (χ2n) is 5.71. The molecular formula is C15H25N3O2S. The van der Waals surface area contributed by atoms with E-state index >= 15 is 0 Å². The molecule has 1 heterocycles. The molecule has 1 unspecified atom stereocenters. The molecule has 118 valence electrons. The van der Waals surface area contributed by atoms with Crippen molar-refractivity contribution in [1.82, 2.24) is 10.3 Å². The molecule has 1 aliphatic rings. The molecule has 0 radical (unpaired) electrons. The van der Waals surface area contributed by atoms with Gasteiger partial charge in [-0.1, -0.05) is 0 Å². The molecule has 0 aliphatic heterocycles. The van der Waals surface area contributed by atoms with Crippen molar-refractivity contribution in [3.8, 4) is 0 Å². The van der Waals surface area contributed by atoms with Crippen LogP contribution in [0, 0.1) is 12.8 Å². The Bertz CT molecular complexity index is 485. The van der Waals surface area contributed by atoms with Crippen LogP contribution in [0.25, 0.3) is 0 Å². The molecule has 0 saturated heterocycles. The molecule has 21 heavy (non-hydrogen) atoms. The van der Waals surface area contributed by atoms with Gasteiger partial charge in [0.2, 0.25) is 0 Å². The highest BCUT2D eigenvalue weighted by Gasteiger charge is 2.32. The van der Waals surface area contributed by atoms with E-state index in [1.54, 1.807) is 7.11 Å². The van der Waals surface area contributed by atoms with Crippen molar-refractivity contribution in [1.29, 1.82) is 0 Å². The first kappa shape index (κ1) is 16.4. The molecule has 2 rings (SSSR count). The lowest BCUT2D eigenvalue weighted by Gasteiger charge is -2.29. The SMILES string of the molecule is COCCN(Cc1cc(C(=O)NN)sc1C)C(C)C1CC1. The monoisotopic (exact) mass is 311 g/mol.